The second-order valence-electron chi connectivity index (χ2n) is 8.43. The van der Waals surface area contributed by atoms with Crippen LogP contribution in [0.2, 0.25) is 0 Å². The summed E-state index contributed by atoms with van der Waals surface area (Å²) in [6.45, 7) is 5.39. The van der Waals surface area contributed by atoms with E-state index in [1.165, 1.54) is 0 Å². The number of likely N-dealkylation sites (tertiary alicyclic amines) is 1. The van der Waals surface area contributed by atoms with Crippen molar-refractivity contribution in [2.45, 2.75) is 32.0 Å². The van der Waals surface area contributed by atoms with Crippen molar-refractivity contribution in [2.24, 2.45) is 0 Å². The number of halogens is 3. The molecule has 0 unspecified atom stereocenters. The number of carbonyl (C=O) groups excluding carboxylic acids is 1. The molecule has 0 radical (unpaired) electrons. The van der Waals surface area contributed by atoms with Crippen molar-refractivity contribution < 1.29 is 22.7 Å². The van der Waals surface area contributed by atoms with Crippen molar-refractivity contribution in [1.82, 2.24) is 19.8 Å². The largest absolute Gasteiger partial charge is 0.421 e. The Kier molecular flexibility index (Phi) is 7.84. The molecule has 1 aromatic carbocycles. The van der Waals surface area contributed by atoms with E-state index >= 15 is 0 Å². The normalized spacial score (nSPS) is 17.3. The lowest BCUT2D eigenvalue weighted by molar-refractivity contribution is -0.137. The third-order valence-electron chi connectivity index (χ3n) is 5.86. The van der Waals surface area contributed by atoms with Gasteiger partial charge in [-0.25, -0.2) is 4.98 Å². The van der Waals surface area contributed by atoms with Crippen molar-refractivity contribution in [2.75, 3.05) is 56.6 Å². The molecule has 2 fully saturated rings. The number of ether oxygens (including phenoxy) is 1. The molecule has 2 aromatic rings. The second-order valence-corrected chi connectivity index (χ2v) is 8.43. The Bertz CT molecular complexity index is 981. The lowest BCUT2D eigenvalue weighted by Crippen LogP contribution is -2.35. The van der Waals surface area contributed by atoms with Crippen molar-refractivity contribution in [3.05, 3.63) is 41.6 Å². The van der Waals surface area contributed by atoms with Crippen LogP contribution in [0, 0.1) is 0 Å². The molecule has 0 atom stereocenters. The number of alkyl halides is 3. The number of benzene rings is 1. The minimum Gasteiger partial charge on any atom is -0.379 e. The number of nitrogens with zero attached hydrogens (tertiary/aromatic N) is 4. The van der Waals surface area contributed by atoms with Crippen molar-refractivity contribution in [3.63, 3.8) is 0 Å². The van der Waals surface area contributed by atoms with Gasteiger partial charge in [0.1, 0.15) is 11.4 Å². The molecule has 11 heteroatoms. The van der Waals surface area contributed by atoms with Gasteiger partial charge in [0.2, 0.25) is 11.9 Å². The molecular weight excluding hydrogens is 449 g/mol. The third-order valence-corrected chi connectivity index (χ3v) is 5.86. The Morgan fingerprint density at radius 3 is 2.71 bits per heavy atom. The number of anilines is 3. The number of hydrogen-bond acceptors (Lipinski definition) is 7. The third kappa shape index (κ3) is 6.57. The molecule has 8 nitrogen and oxygen atoms in total. The molecule has 0 bridgehead atoms. The summed E-state index contributed by atoms with van der Waals surface area (Å²) in [4.78, 5) is 23.7. The van der Waals surface area contributed by atoms with E-state index in [0.717, 1.165) is 37.8 Å². The molecule has 2 aliphatic rings. The van der Waals surface area contributed by atoms with Crippen LogP contribution in [-0.4, -0.2) is 71.6 Å². The van der Waals surface area contributed by atoms with Gasteiger partial charge >= 0.3 is 6.18 Å². The van der Waals surface area contributed by atoms with Gasteiger partial charge in [0.05, 0.1) is 13.2 Å². The molecule has 3 heterocycles. The average molecular weight is 479 g/mol. The van der Waals surface area contributed by atoms with Gasteiger partial charge in [-0.2, -0.15) is 18.2 Å². The van der Waals surface area contributed by atoms with Crippen molar-refractivity contribution in [3.8, 4) is 0 Å². The summed E-state index contributed by atoms with van der Waals surface area (Å²) < 4.78 is 45.8. The molecule has 0 aliphatic carbocycles. The monoisotopic (exact) mass is 478 g/mol. The zero-order valence-electron chi connectivity index (χ0n) is 18.9. The van der Waals surface area contributed by atoms with Crippen LogP contribution in [0.4, 0.5) is 30.6 Å². The summed E-state index contributed by atoms with van der Waals surface area (Å²) in [6, 6.07) is 7.66. The highest BCUT2D eigenvalue weighted by Gasteiger charge is 2.35. The topological polar surface area (TPSA) is 82.6 Å². The van der Waals surface area contributed by atoms with E-state index in [1.807, 2.05) is 24.3 Å². The Morgan fingerprint density at radius 2 is 1.97 bits per heavy atom. The van der Waals surface area contributed by atoms with Gasteiger partial charge in [0.15, 0.2) is 0 Å². The summed E-state index contributed by atoms with van der Waals surface area (Å²) in [6.07, 6.45) is -1.89. The average Bonchev–Trinajstić information content (AvgIpc) is 3.21. The quantitative estimate of drug-likeness (QED) is 0.534. The van der Waals surface area contributed by atoms with Crippen molar-refractivity contribution >= 4 is 23.4 Å². The number of nitrogens with one attached hydrogen (secondary N) is 2. The summed E-state index contributed by atoms with van der Waals surface area (Å²) >= 11 is 0. The molecule has 4 rings (SSSR count). The minimum atomic E-state index is -4.58. The minimum absolute atomic E-state index is 0.0775. The first kappa shape index (κ1) is 24.2. The lowest BCUT2D eigenvalue weighted by Gasteiger charge is -2.26. The first-order valence-electron chi connectivity index (χ1n) is 11.5. The zero-order chi connectivity index (χ0) is 24.0. The van der Waals surface area contributed by atoms with E-state index in [4.69, 9.17) is 4.74 Å². The van der Waals surface area contributed by atoms with Gasteiger partial charge in [-0.05, 0) is 30.5 Å². The van der Waals surface area contributed by atoms with Crippen LogP contribution in [0.3, 0.4) is 0 Å². The molecule has 1 aromatic heterocycles. The van der Waals surface area contributed by atoms with Gasteiger partial charge in [-0.15, -0.1) is 0 Å². The molecular formula is C23H29F3N6O2. The summed E-state index contributed by atoms with van der Waals surface area (Å²) in [5.74, 6) is -0.101. The van der Waals surface area contributed by atoms with Crippen LogP contribution in [0.15, 0.2) is 30.5 Å². The van der Waals surface area contributed by atoms with E-state index < -0.39 is 11.7 Å². The predicted octanol–water partition coefficient (Wildman–Crippen LogP) is 3.50. The SMILES string of the molecule is O=C1CCCN1CCCNc1nc(Nc2cccc(CN3CCOCC3)c2)ncc1C(F)(F)F. The number of rotatable bonds is 9. The molecule has 2 N–H and O–H groups in total. The molecule has 184 valence electrons. The van der Waals surface area contributed by atoms with Crippen LogP contribution < -0.4 is 10.6 Å². The summed E-state index contributed by atoms with van der Waals surface area (Å²) in [5.41, 5.74) is 0.856. The van der Waals surface area contributed by atoms with Gasteiger partial charge < -0.3 is 20.3 Å². The van der Waals surface area contributed by atoms with Gasteiger partial charge in [0.25, 0.3) is 0 Å². The molecule has 34 heavy (non-hydrogen) atoms. The van der Waals surface area contributed by atoms with Gasteiger partial charge in [0, 0.05) is 57.6 Å². The second kappa shape index (κ2) is 11.0. The van der Waals surface area contributed by atoms with Gasteiger partial charge in [-0.1, -0.05) is 12.1 Å². The summed E-state index contributed by atoms with van der Waals surface area (Å²) in [5, 5.41) is 5.80. The van der Waals surface area contributed by atoms with Gasteiger partial charge in [-0.3, -0.25) is 9.69 Å². The van der Waals surface area contributed by atoms with Crippen LogP contribution in [0.5, 0.6) is 0 Å². The molecule has 2 saturated heterocycles. The smallest absolute Gasteiger partial charge is 0.379 e. The standard InChI is InChI=1S/C23H29F3N6O2/c24-23(25,26)19-15-28-22(30-21(19)27-7-3-9-32-8-2-6-20(32)33)29-18-5-1-4-17(14-18)16-31-10-12-34-13-11-31/h1,4-5,14-15H,2-3,6-13,16H2,(H2,27,28,29,30). The Hall–Kier alpha value is -2.92. The van der Waals surface area contributed by atoms with Crippen LogP contribution in [0.1, 0.15) is 30.4 Å². The summed E-state index contributed by atoms with van der Waals surface area (Å²) in [7, 11) is 0. The fourth-order valence-corrected chi connectivity index (χ4v) is 4.10. The van der Waals surface area contributed by atoms with E-state index in [0.29, 0.717) is 44.8 Å². The van der Waals surface area contributed by atoms with E-state index in [-0.39, 0.29) is 24.2 Å². The fraction of sp³-hybridized carbons (Fsp3) is 0.522. The highest BCUT2D eigenvalue weighted by molar-refractivity contribution is 5.78. The van der Waals surface area contributed by atoms with E-state index in [1.54, 1.807) is 4.90 Å². The maximum atomic E-state index is 13.5. The maximum Gasteiger partial charge on any atom is 0.421 e. The van der Waals surface area contributed by atoms with Crippen LogP contribution in [0.25, 0.3) is 0 Å². The molecule has 2 aliphatic heterocycles. The lowest BCUT2D eigenvalue weighted by atomic mass is 10.2. The molecule has 0 saturated carbocycles. The Morgan fingerprint density at radius 1 is 1.15 bits per heavy atom. The molecule has 1 amide bonds. The first-order valence-corrected chi connectivity index (χ1v) is 11.5. The Labute approximate surface area is 196 Å². The highest BCUT2D eigenvalue weighted by Crippen LogP contribution is 2.34. The van der Waals surface area contributed by atoms with E-state index in [9.17, 15) is 18.0 Å². The number of aromatic nitrogens is 2. The number of morpholine rings is 1. The number of hydrogen-bond donors (Lipinski definition) is 2. The highest BCUT2D eigenvalue weighted by atomic mass is 19.4. The predicted molar refractivity (Wildman–Crippen MR) is 122 cm³/mol. The molecule has 0 spiro atoms. The first-order chi connectivity index (χ1) is 16.4. The number of carbonyl (C=O) groups is 1. The fourth-order valence-electron chi connectivity index (χ4n) is 4.10. The maximum absolute atomic E-state index is 13.5. The van der Waals surface area contributed by atoms with Crippen LogP contribution >= 0.6 is 0 Å². The van der Waals surface area contributed by atoms with E-state index in [2.05, 4.69) is 25.5 Å². The number of amides is 1. The van der Waals surface area contributed by atoms with Crippen molar-refractivity contribution in [1.29, 1.82) is 0 Å². The zero-order valence-corrected chi connectivity index (χ0v) is 18.9. The Balaban J connectivity index is 1.40. The van der Waals surface area contributed by atoms with Crippen LogP contribution in [-0.2, 0) is 22.3 Å².